The Morgan fingerprint density at radius 1 is 1.22 bits per heavy atom. The first-order valence-corrected chi connectivity index (χ1v) is 6.92. The number of hydrogen-bond acceptors (Lipinski definition) is 7. The Bertz CT molecular complexity index is 785. The van der Waals surface area contributed by atoms with Gasteiger partial charge in [0.2, 0.25) is 0 Å². The van der Waals surface area contributed by atoms with Crippen molar-refractivity contribution in [2.45, 2.75) is 13.5 Å². The van der Waals surface area contributed by atoms with E-state index in [9.17, 15) is 4.79 Å². The molecule has 0 unspecified atom stereocenters. The normalized spacial score (nSPS) is 10.3. The first-order valence-electron chi connectivity index (χ1n) is 6.92. The first-order chi connectivity index (χ1) is 11.2. The lowest BCUT2D eigenvalue weighted by atomic mass is 10.3. The highest BCUT2D eigenvalue weighted by Crippen LogP contribution is 2.10. The van der Waals surface area contributed by atoms with Gasteiger partial charge in [-0.1, -0.05) is 11.2 Å². The molecule has 0 aliphatic carbocycles. The third-order valence-electron chi connectivity index (χ3n) is 2.96. The summed E-state index contributed by atoms with van der Waals surface area (Å²) in [4.78, 5) is 16.0. The van der Waals surface area contributed by atoms with Gasteiger partial charge in [0.05, 0.1) is 0 Å². The van der Waals surface area contributed by atoms with Gasteiger partial charge in [0, 0.05) is 25.0 Å². The van der Waals surface area contributed by atoms with Gasteiger partial charge in [-0.3, -0.25) is 9.78 Å². The number of hydrogen-bond donors (Lipinski definition) is 2. The van der Waals surface area contributed by atoms with Crippen LogP contribution in [0.2, 0.25) is 0 Å². The molecule has 0 atom stereocenters. The Labute approximate surface area is 131 Å². The summed E-state index contributed by atoms with van der Waals surface area (Å²) in [5.41, 5.74) is 1.22. The van der Waals surface area contributed by atoms with E-state index in [0.29, 0.717) is 23.9 Å². The summed E-state index contributed by atoms with van der Waals surface area (Å²) in [7, 11) is 0. The van der Waals surface area contributed by atoms with Crippen molar-refractivity contribution < 1.29 is 9.32 Å². The number of rotatable bonds is 5. The van der Waals surface area contributed by atoms with Gasteiger partial charge in [-0.15, -0.1) is 10.2 Å². The van der Waals surface area contributed by atoms with Crippen LogP contribution >= 0.6 is 0 Å². The van der Waals surface area contributed by atoms with Crippen LogP contribution in [0.15, 0.2) is 47.2 Å². The van der Waals surface area contributed by atoms with E-state index in [1.54, 1.807) is 37.5 Å². The zero-order valence-corrected chi connectivity index (χ0v) is 12.4. The molecule has 0 fully saturated rings. The molecular formula is C15H14N6O2. The zero-order valence-electron chi connectivity index (χ0n) is 12.4. The molecule has 3 heterocycles. The van der Waals surface area contributed by atoms with E-state index in [2.05, 4.69) is 31.0 Å². The van der Waals surface area contributed by atoms with Crippen LogP contribution in [0.5, 0.6) is 0 Å². The number of aromatic nitrogens is 4. The molecule has 2 N–H and O–H groups in total. The molecule has 0 aliphatic rings. The first kappa shape index (κ1) is 14.6. The molecule has 0 spiro atoms. The maximum Gasteiger partial charge on any atom is 0.277 e. The highest BCUT2D eigenvalue weighted by atomic mass is 16.5. The second kappa shape index (κ2) is 6.65. The maximum atomic E-state index is 12.0. The molecule has 0 radical (unpaired) electrons. The molecule has 0 saturated carbocycles. The lowest BCUT2D eigenvalue weighted by Crippen LogP contribution is -2.15. The lowest BCUT2D eigenvalue weighted by Gasteiger charge is -2.05. The van der Waals surface area contributed by atoms with Crippen LogP contribution in [-0.4, -0.2) is 26.2 Å². The van der Waals surface area contributed by atoms with Gasteiger partial charge in [0.25, 0.3) is 5.91 Å². The number of carbonyl (C=O) groups is 1. The number of aryl methyl sites for hydroxylation is 1. The smallest absolute Gasteiger partial charge is 0.277 e. The highest BCUT2D eigenvalue weighted by molar-refractivity contribution is 6.02. The second-order valence-corrected chi connectivity index (χ2v) is 4.80. The second-order valence-electron chi connectivity index (χ2n) is 4.80. The Hall–Kier alpha value is -3.29. The molecule has 0 saturated heterocycles. The van der Waals surface area contributed by atoms with E-state index in [-0.39, 0.29) is 5.69 Å². The Kier molecular flexibility index (Phi) is 4.23. The SMILES string of the molecule is Cc1cc(NC(=O)c2ccc(NCc3cccnc3)nn2)no1. The van der Waals surface area contributed by atoms with Gasteiger partial charge >= 0.3 is 0 Å². The van der Waals surface area contributed by atoms with Crippen molar-refractivity contribution in [2.24, 2.45) is 0 Å². The highest BCUT2D eigenvalue weighted by Gasteiger charge is 2.11. The Balaban J connectivity index is 1.59. The van der Waals surface area contributed by atoms with Crippen molar-refractivity contribution in [1.82, 2.24) is 20.3 Å². The van der Waals surface area contributed by atoms with Crippen molar-refractivity contribution in [3.8, 4) is 0 Å². The van der Waals surface area contributed by atoms with Gasteiger partial charge in [0.1, 0.15) is 11.6 Å². The van der Waals surface area contributed by atoms with Crippen molar-refractivity contribution in [1.29, 1.82) is 0 Å². The van der Waals surface area contributed by atoms with Crippen LogP contribution in [0.25, 0.3) is 0 Å². The van der Waals surface area contributed by atoms with E-state index in [1.807, 2.05) is 12.1 Å². The molecule has 23 heavy (non-hydrogen) atoms. The van der Waals surface area contributed by atoms with Crippen molar-refractivity contribution in [3.63, 3.8) is 0 Å². The average molecular weight is 310 g/mol. The molecule has 3 aromatic rings. The largest absolute Gasteiger partial charge is 0.364 e. The number of nitrogens with one attached hydrogen (secondary N) is 2. The van der Waals surface area contributed by atoms with Gasteiger partial charge in [-0.25, -0.2) is 0 Å². The third-order valence-corrected chi connectivity index (χ3v) is 2.96. The lowest BCUT2D eigenvalue weighted by molar-refractivity contribution is 0.102. The number of anilines is 2. The molecule has 8 nitrogen and oxygen atoms in total. The standard InChI is InChI=1S/C15H14N6O2/c1-10-7-14(21-23-10)18-15(22)12-4-5-13(20-19-12)17-9-11-3-2-6-16-8-11/h2-8H,9H2,1H3,(H,17,20)(H,18,21,22). The summed E-state index contributed by atoms with van der Waals surface area (Å²) < 4.78 is 4.88. The molecule has 1 amide bonds. The van der Waals surface area contributed by atoms with Crippen LogP contribution in [0.1, 0.15) is 21.8 Å². The van der Waals surface area contributed by atoms with Gasteiger partial charge < -0.3 is 15.2 Å². The molecule has 0 aliphatic heterocycles. The Morgan fingerprint density at radius 2 is 2.13 bits per heavy atom. The summed E-state index contributed by atoms with van der Waals surface area (Å²) in [6.45, 7) is 2.32. The van der Waals surface area contributed by atoms with Crippen molar-refractivity contribution in [2.75, 3.05) is 10.6 Å². The minimum Gasteiger partial charge on any atom is -0.364 e. The number of pyridine rings is 1. The van der Waals surface area contributed by atoms with E-state index in [0.717, 1.165) is 5.56 Å². The van der Waals surface area contributed by atoms with E-state index < -0.39 is 5.91 Å². The zero-order chi connectivity index (χ0) is 16.1. The summed E-state index contributed by atoms with van der Waals surface area (Å²) in [6, 6.07) is 8.71. The minimum atomic E-state index is -0.399. The van der Waals surface area contributed by atoms with Crippen LogP contribution in [0.3, 0.4) is 0 Å². The maximum absolute atomic E-state index is 12.0. The fraction of sp³-hybridized carbons (Fsp3) is 0.133. The summed E-state index contributed by atoms with van der Waals surface area (Å²) in [5, 5.41) is 17.2. The molecule has 3 aromatic heterocycles. The quantitative estimate of drug-likeness (QED) is 0.742. The molecule has 116 valence electrons. The van der Waals surface area contributed by atoms with Gasteiger partial charge in [-0.2, -0.15) is 0 Å². The molecular weight excluding hydrogens is 296 g/mol. The van der Waals surface area contributed by atoms with Crippen LogP contribution in [-0.2, 0) is 6.54 Å². The van der Waals surface area contributed by atoms with Gasteiger partial charge in [0.15, 0.2) is 11.5 Å². The van der Waals surface area contributed by atoms with Crippen molar-refractivity contribution >= 4 is 17.5 Å². The number of amides is 1. The minimum absolute atomic E-state index is 0.192. The monoisotopic (exact) mass is 310 g/mol. The van der Waals surface area contributed by atoms with Crippen LogP contribution in [0.4, 0.5) is 11.6 Å². The molecule has 0 aromatic carbocycles. The van der Waals surface area contributed by atoms with Crippen LogP contribution in [0, 0.1) is 6.92 Å². The summed E-state index contributed by atoms with van der Waals surface area (Å²) in [5.74, 6) is 1.13. The van der Waals surface area contributed by atoms with E-state index >= 15 is 0 Å². The van der Waals surface area contributed by atoms with Crippen LogP contribution < -0.4 is 10.6 Å². The fourth-order valence-electron chi connectivity index (χ4n) is 1.85. The fourth-order valence-corrected chi connectivity index (χ4v) is 1.85. The van der Waals surface area contributed by atoms with Gasteiger partial charge in [-0.05, 0) is 30.7 Å². The summed E-state index contributed by atoms with van der Waals surface area (Å²) in [6.07, 6.45) is 3.48. The number of nitrogens with zero attached hydrogens (tertiary/aromatic N) is 4. The average Bonchev–Trinajstić information content (AvgIpc) is 2.99. The topological polar surface area (TPSA) is 106 Å². The number of carbonyl (C=O) groups excluding carboxylic acids is 1. The summed E-state index contributed by atoms with van der Waals surface area (Å²) >= 11 is 0. The molecule has 8 heteroatoms. The third kappa shape index (κ3) is 3.88. The van der Waals surface area contributed by atoms with E-state index in [4.69, 9.17) is 4.52 Å². The Morgan fingerprint density at radius 3 is 2.78 bits per heavy atom. The van der Waals surface area contributed by atoms with E-state index in [1.165, 1.54) is 0 Å². The predicted octanol–water partition coefficient (Wildman–Crippen LogP) is 2.03. The van der Waals surface area contributed by atoms with Crippen molar-refractivity contribution in [3.05, 3.63) is 59.7 Å². The predicted molar refractivity (Wildman–Crippen MR) is 82.8 cm³/mol. The molecule has 3 rings (SSSR count). The molecule has 0 bridgehead atoms.